The minimum Gasteiger partial charge on any atom is -0.348 e. The topological polar surface area (TPSA) is 41.1 Å². The number of carbonyl (C=O) groups excluding carboxylic acids is 1. The van der Waals surface area contributed by atoms with Gasteiger partial charge in [0.15, 0.2) is 0 Å². The first-order valence-corrected chi connectivity index (χ1v) is 7.11. The molecule has 1 aliphatic rings. The molecule has 1 amide bonds. The third kappa shape index (κ3) is 3.00. The monoisotopic (exact) mass is 272 g/mol. The highest BCUT2D eigenvalue weighted by atomic mass is 35.5. The number of halogens is 1. The van der Waals surface area contributed by atoms with Crippen LogP contribution in [0.1, 0.15) is 35.0 Å². The molecule has 2 N–H and O–H groups in total. The van der Waals surface area contributed by atoms with Crippen molar-refractivity contribution < 1.29 is 4.79 Å². The summed E-state index contributed by atoms with van der Waals surface area (Å²) in [7, 11) is 0. The van der Waals surface area contributed by atoms with E-state index in [0.717, 1.165) is 24.9 Å². The van der Waals surface area contributed by atoms with Crippen molar-refractivity contribution in [2.45, 2.75) is 38.8 Å². The lowest BCUT2D eigenvalue weighted by molar-refractivity contribution is 0.0930. The number of amides is 1. The predicted octanol–water partition coefficient (Wildman–Crippen LogP) is 2.58. The zero-order valence-corrected chi connectivity index (χ0v) is 11.6. The molecule has 5 heteroatoms. The number of rotatable bonds is 2. The van der Waals surface area contributed by atoms with Gasteiger partial charge < -0.3 is 10.6 Å². The van der Waals surface area contributed by atoms with Crippen LogP contribution in [0.4, 0.5) is 0 Å². The zero-order valence-electron chi connectivity index (χ0n) is 10.0. The summed E-state index contributed by atoms with van der Waals surface area (Å²) in [6.07, 6.45) is 1.96. The number of thiophene rings is 1. The molecule has 2 unspecified atom stereocenters. The average molecular weight is 273 g/mol. The molecule has 2 atom stereocenters. The molecular weight excluding hydrogens is 256 g/mol. The summed E-state index contributed by atoms with van der Waals surface area (Å²) >= 11 is 7.50. The molecule has 2 heterocycles. The number of nitrogens with one attached hydrogen (secondary N) is 2. The fourth-order valence-electron chi connectivity index (χ4n) is 2.10. The first-order valence-electron chi connectivity index (χ1n) is 5.85. The first-order chi connectivity index (χ1) is 8.08. The van der Waals surface area contributed by atoms with Gasteiger partial charge in [0, 0.05) is 12.1 Å². The van der Waals surface area contributed by atoms with E-state index in [1.165, 1.54) is 11.3 Å². The lowest BCUT2D eigenvalue weighted by atomic mass is 10.0. The second-order valence-electron chi connectivity index (χ2n) is 4.61. The summed E-state index contributed by atoms with van der Waals surface area (Å²) in [6.45, 7) is 5.02. The minimum atomic E-state index is -0.0350. The van der Waals surface area contributed by atoms with Gasteiger partial charge in [-0.2, -0.15) is 0 Å². The Kier molecular flexibility index (Phi) is 4.07. The second-order valence-corrected chi connectivity index (χ2v) is 5.87. The molecule has 1 aromatic rings. The minimum absolute atomic E-state index is 0.0350. The third-order valence-corrected chi connectivity index (χ3v) is 4.76. The van der Waals surface area contributed by atoms with Crippen molar-refractivity contribution in [2.75, 3.05) is 6.54 Å². The van der Waals surface area contributed by atoms with Crippen molar-refractivity contribution in [1.29, 1.82) is 0 Å². The molecule has 0 aliphatic carbocycles. The highest BCUT2D eigenvalue weighted by molar-refractivity contribution is 7.13. The molecule has 17 heavy (non-hydrogen) atoms. The Balaban J connectivity index is 1.99. The molecule has 2 rings (SSSR count). The SMILES string of the molecule is Cc1csc(C(=O)NC2CCNC(C)C2)c1Cl. The van der Waals surface area contributed by atoms with E-state index in [1.807, 2.05) is 12.3 Å². The van der Waals surface area contributed by atoms with Gasteiger partial charge in [0.25, 0.3) is 5.91 Å². The Bertz CT molecular complexity index is 419. The number of hydrogen-bond donors (Lipinski definition) is 2. The van der Waals surface area contributed by atoms with Gasteiger partial charge in [-0.15, -0.1) is 11.3 Å². The van der Waals surface area contributed by atoms with E-state index < -0.39 is 0 Å². The molecule has 1 aromatic heterocycles. The van der Waals surface area contributed by atoms with Crippen LogP contribution in [0.2, 0.25) is 5.02 Å². The number of carbonyl (C=O) groups is 1. The Morgan fingerprint density at radius 2 is 2.41 bits per heavy atom. The number of aryl methyl sites for hydroxylation is 1. The van der Waals surface area contributed by atoms with Gasteiger partial charge in [0.2, 0.25) is 0 Å². The summed E-state index contributed by atoms with van der Waals surface area (Å²) in [5.41, 5.74) is 0.973. The van der Waals surface area contributed by atoms with E-state index in [9.17, 15) is 4.79 Å². The number of hydrogen-bond acceptors (Lipinski definition) is 3. The smallest absolute Gasteiger partial charge is 0.263 e. The average Bonchev–Trinajstić information content (AvgIpc) is 2.60. The van der Waals surface area contributed by atoms with Gasteiger partial charge in [-0.3, -0.25) is 4.79 Å². The maximum absolute atomic E-state index is 12.0. The summed E-state index contributed by atoms with van der Waals surface area (Å²) in [5.74, 6) is -0.0350. The van der Waals surface area contributed by atoms with Gasteiger partial charge in [0.05, 0.1) is 5.02 Å². The summed E-state index contributed by atoms with van der Waals surface area (Å²) < 4.78 is 0. The van der Waals surface area contributed by atoms with Crippen molar-refractivity contribution in [2.24, 2.45) is 0 Å². The van der Waals surface area contributed by atoms with E-state index in [2.05, 4.69) is 17.6 Å². The van der Waals surface area contributed by atoms with Gasteiger partial charge >= 0.3 is 0 Å². The fourth-order valence-corrected chi connectivity index (χ4v) is 3.28. The van der Waals surface area contributed by atoms with Crippen LogP contribution < -0.4 is 10.6 Å². The number of piperidine rings is 1. The van der Waals surface area contributed by atoms with Crippen molar-refractivity contribution in [1.82, 2.24) is 10.6 Å². The predicted molar refractivity (Wildman–Crippen MR) is 72.0 cm³/mol. The Morgan fingerprint density at radius 3 is 3.00 bits per heavy atom. The van der Waals surface area contributed by atoms with Crippen molar-refractivity contribution >= 4 is 28.8 Å². The van der Waals surface area contributed by atoms with Crippen LogP contribution in [-0.4, -0.2) is 24.5 Å². The summed E-state index contributed by atoms with van der Waals surface area (Å²) in [5, 5.41) is 8.94. The highest BCUT2D eigenvalue weighted by Crippen LogP contribution is 2.27. The second kappa shape index (κ2) is 5.38. The lowest BCUT2D eigenvalue weighted by Gasteiger charge is -2.28. The van der Waals surface area contributed by atoms with Crippen molar-refractivity contribution in [3.8, 4) is 0 Å². The van der Waals surface area contributed by atoms with Gasteiger partial charge in [-0.1, -0.05) is 11.6 Å². The van der Waals surface area contributed by atoms with Crippen LogP contribution in [-0.2, 0) is 0 Å². The van der Waals surface area contributed by atoms with Gasteiger partial charge in [-0.05, 0) is 44.2 Å². The Labute approximate surface area is 111 Å². The van der Waals surface area contributed by atoms with Crippen LogP contribution in [0.15, 0.2) is 5.38 Å². The van der Waals surface area contributed by atoms with Crippen LogP contribution in [0.25, 0.3) is 0 Å². The van der Waals surface area contributed by atoms with Crippen LogP contribution in [0.5, 0.6) is 0 Å². The van der Waals surface area contributed by atoms with Gasteiger partial charge in [0.1, 0.15) is 4.88 Å². The van der Waals surface area contributed by atoms with Crippen LogP contribution >= 0.6 is 22.9 Å². The molecule has 0 bridgehead atoms. The lowest BCUT2D eigenvalue weighted by Crippen LogP contribution is -2.46. The van der Waals surface area contributed by atoms with E-state index in [1.54, 1.807) is 0 Å². The molecule has 0 aromatic carbocycles. The van der Waals surface area contributed by atoms with Crippen molar-refractivity contribution in [3.05, 3.63) is 20.8 Å². The fraction of sp³-hybridized carbons (Fsp3) is 0.583. The molecule has 1 saturated heterocycles. The Morgan fingerprint density at radius 1 is 1.65 bits per heavy atom. The van der Waals surface area contributed by atoms with Crippen molar-refractivity contribution in [3.63, 3.8) is 0 Å². The molecule has 1 fully saturated rings. The van der Waals surface area contributed by atoms with E-state index in [0.29, 0.717) is 15.9 Å². The highest BCUT2D eigenvalue weighted by Gasteiger charge is 2.22. The maximum atomic E-state index is 12.0. The first kappa shape index (κ1) is 12.9. The largest absolute Gasteiger partial charge is 0.348 e. The normalized spacial score (nSPS) is 24.6. The van der Waals surface area contributed by atoms with Crippen LogP contribution in [0.3, 0.4) is 0 Å². The Hall–Kier alpha value is -0.580. The zero-order chi connectivity index (χ0) is 12.4. The molecule has 0 saturated carbocycles. The third-order valence-electron chi connectivity index (χ3n) is 3.06. The molecule has 94 valence electrons. The summed E-state index contributed by atoms with van der Waals surface area (Å²) in [4.78, 5) is 12.7. The summed E-state index contributed by atoms with van der Waals surface area (Å²) in [6, 6.07) is 0.729. The van der Waals surface area contributed by atoms with E-state index in [4.69, 9.17) is 11.6 Å². The van der Waals surface area contributed by atoms with Gasteiger partial charge in [-0.25, -0.2) is 0 Å². The van der Waals surface area contributed by atoms with Crippen LogP contribution in [0, 0.1) is 6.92 Å². The molecular formula is C12H17ClN2OS. The molecule has 1 aliphatic heterocycles. The maximum Gasteiger partial charge on any atom is 0.263 e. The molecule has 0 spiro atoms. The van der Waals surface area contributed by atoms with E-state index in [-0.39, 0.29) is 11.9 Å². The molecule has 0 radical (unpaired) electrons. The quantitative estimate of drug-likeness (QED) is 0.869. The standard InChI is InChI=1S/C12H17ClN2OS/c1-7-6-17-11(10(7)13)12(16)15-9-3-4-14-8(2)5-9/h6,8-9,14H,3-5H2,1-2H3,(H,15,16). The molecule has 3 nitrogen and oxygen atoms in total. The van der Waals surface area contributed by atoms with E-state index >= 15 is 0 Å².